The maximum atomic E-state index is 8.65. The van der Waals surface area contributed by atoms with Crippen molar-refractivity contribution in [2.24, 2.45) is 5.73 Å². The van der Waals surface area contributed by atoms with Gasteiger partial charge >= 0.3 is 0 Å². The minimum Gasteiger partial charge on any atom is -0.313 e. The zero-order chi connectivity index (χ0) is 9.73. The van der Waals surface area contributed by atoms with Gasteiger partial charge in [0.05, 0.1) is 12.3 Å². The second-order valence-electron chi connectivity index (χ2n) is 2.86. The van der Waals surface area contributed by atoms with Crippen molar-refractivity contribution in [1.29, 1.82) is 5.26 Å². The Labute approximate surface area is 81.2 Å². The first-order valence-corrected chi connectivity index (χ1v) is 4.71. The van der Waals surface area contributed by atoms with Crippen LogP contribution in [-0.4, -0.2) is 21.3 Å². The molecule has 0 saturated carbocycles. The van der Waals surface area contributed by atoms with Crippen molar-refractivity contribution < 1.29 is 0 Å². The van der Waals surface area contributed by atoms with Gasteiger partial charge in [-0.05, 0) is 6.92 Å². The Kier molecular flexibility index (Phi) is 3.23. The predicted octanol–water partition coefficient (Wildman–Crippen LogP) is 0.810. The van der Waals surface area contributed by atoms with E-state index in [0.29, 0.717) is 5.75 Å². The highest BCUT2D eigenvalue weighted by Gasteiger charge is 2.17. The molecule has 0 radical (unpaired) electrons. The van der Waals surface area contributed by atoms with Crippen LogP contribution in [0.1, 0.15) is 6.92 Å². The lowest BCUT2D eigenvalue weighted by atomic mass is 10.1. The molecule has 0 aromatic carbocycles. The molecule has 0 aliphatic rings. The van der Waals surface area contributed by atoms with Gasteiger partial charge < -0.3 is 5.73 Å². The first-order chi connectivity index (χ1) is 6.14. The number of aromatic nitrogens is 2. The molecule has 0 aliphatic carbocycles. The number of thioether (sulfide) groups is 1. The summed E-state index contributed by atoms with van der Waals surface area (Å²) in [7, 11) is 0. The molecule has 68 valence electrons. The van der Waals surface area contributed by atoms with Gasteiger partial charge in [-0.3, -0.25) is 4.98 Å². The van der Waals surface area contributed by atoms with Crippen molar-refractivity contribution in [3.63, 3.8) is 0 Å². The quantitative estimate of drug-likeness (QED) is 0.720. The number of rotatable bonds is 3. The van der Waals surface area contributed by atoms with E-state index >= 15 is 0 Å². The van der Waals surface area contributed by atoms with Crippen LogP contribution >= 0.6 is 11.8 Å². The normalized spacial score (nSPS) is 14.5. The van der Waals surface area contributed by atoms with Crippen LogP contribution in [0.15, 0.2) is 23.6 Å². The van der Waals surface area contributed by atoms with E-state index in [9.17, 15) is 0 Å². The van der Waals surface area contributed by atoms with Gasteiger partial charge in [0.25, 0.3) is 0 Å². The summed E-state index contributed by atoms with van der Waals surface area (Å²) < 4.78 is 0. The van der Waals surface area contributed by atoms with Crippen LogP contribution in [0.25, 0.3) is 0 Å². The van der Waals surface area contributed by atoms with Crippen LogP contribution in [0.3, 0.4) is 0 Å². The summed E-state index contributed by atoms with van der Waals surface area (Å²) in [5.41, 5.74) is 4.83. The van der Waals surface area contributed by atoms with E-state index in [1.165, 1.54) is 11.8 Å². The van der Waals surface area contributed by atoms with Gasteiger partial charge in [-0.25, -0.2) is 4.98 Å². The molecule has 0 bridgehead atoms. The predicted molar refractivity (Wildman–Crippen MR) is 51.0 cm³/mol. The molecule has 0 saturated heterocycles. The molecule has 1 aromatic rings. The Bertz CT molecular complexity index is 304. The van der Waals surface area contributed by atoms with Crippen LogP contribution in [0.2, 0.25) is 0 Å². The molecule has 1 rings (SSSR count). The summed E-state index contributed by atoms with van der Waals surface area (Å²) in [4.78, 5) is 7.96. The van der Waals surface area contributed by atoms with Crippen molar-refractivity contribution in [1.82, 2.24) is 9.97 Å². The lowest BCUT2D eigenvalue weighted by Crippen LogP contribution is -2.36. The van der Waals surface area contributed by atoms with Crippen LogP contribution < -0.4 is 5.73 Å². The number of hydrogen-bond acceptors (Lipinski definition) is 5. The fourth-order valence-corrected chi connectivity index (χ4v) is 1.40. The second-order valence-corrected chi connectivity index (χ2v) is 3.86. The Morgan fingerprint density at radius 2 is 2.46 bits per heavy atom. The topological polar surface area (TPSA) is 75.6 Å². The van der Waals surface area contributed by atoms with Gasteiger partial charge in [-0.1, -0.05) is 0 Å². The molecule has 2 N–H and O–H groups in total. The fraction of sp³-hybridized carbons (Fsp3) is 0.375. The molecule has 1 heterocycles. The average molecular weight is 194 g/mol. The first kappa shape index (κ1) is 9.96. The SMILES string of the molecule is CC(N)(C#N)CSc1cnccn1. The van der Waals surface area contributed by atoms with Crippen LogP contribution in [0.5, 0.6) is 0 Å². The molecule has 0 amide bonds. The van der Waals surface area contributed by atoms with E-state index in [4.69, 9.17) is 11.0 Å². The molecule has 5 heteroatoms. The highest BCUT2D eigenvalue weighted by Crippen LogP contribution is 2.17. The minimum absolute atomic E-state index is 0.516. The van der Waals surface area contributed by atoms with Gasteiger partial charge in [0, 0.05) is 18.1 Å². The molecule has 0 spiro atoms. The lowest BCUT2D eigenvalue weighted by Gasteiger charge is -2.13. The summed E-state index contributed by atoms with van der Waals surface area (Å²) in [6.07, 6.45) is 4.87. The average Bonchev–Trinajstić information content (AvgIpc) is 2.17. The zero-order valence-corrected chi connectivity index (χ0v) is 8.08. The molecule has 1 aromatic heterocycles. The standard InChI is InChI=1S/C8H10N4S/c1-8(10,5-9)6-13-7-4-11-2-3-12-7/h2-4H,6,10H2,1H3. The molecule has 1 unspecified atom stereocenters. The molecule has 13 heavy (non-hydrogen) atoms. The minimum atomic E-state index is -0.803. The summed E-state index contributed by atoms with van der Waals surface area (Å²) >= 11 is 1.43. The third-order valence-electron chi connectivity index (χ3n) is 1.31. The Morgan fingerprint density at radius 1 is 1.69 bits per heavy atom. The summed E-state index contributed by atoms with van der Waals surface area (Å²) in [6, 6.07) is 2.02. The number of hydrogen-bond donors (Lipinski definition) is 1. The summed E-state index contributed by atoms with van der Waals surface area (Å²) in [6.45, 7) is 1.69. The Balaban J connectivity index is 2.50. The van der Waals surface area contributed by atoms with Crippen LogP contribution in [0, 0.1) is 11.3 Å². The molecule has 1 atom stereocenters. The van der Waals surface area contributed by atoms with Crippen LogP contribution in [0.4, 0.5) is 0 Å². The Morgan fingerprint density at radius 3 is 3.00 bits per heavy atom. The monoisotopic (exact) mass is 194 g/mol. The Hall–Kier alpha value is -1.12. The van der Waals surface area contributed by atoms with Crippen molar-refractivity contribution in [2.45, 2.75) is 17.5 Å². The molecule has 0 fully saturated rings. The highest BCUT2D eigenvalue weighted by molar-refractivity contribution is 7.99. The largest absolute Gasteiger partial charge is 0.313 e. The molecular weight excluding hydrogens is 184 g/mol. The van der Waals surface area contributed by atoms with E-state index in [0.717, 1.165) is 5.03 Å². The smallest absolute Gasteiger partial charge is 0.114 e. The van der Waals surface area contributed by atoms with Crippen molar-refractivity contribution in [2.75, 3.05) is 5.75 Å². The first-order valence-electron chi connectivity index (χ1n) is 3.73. The molecule has 4 nitrogen and oxygen atoms in total. The van der Waals surface area contributed by atoms with E-state index in [1.807, 2.05) is 6.07 Å². The molecular formula is C8H10N4S. The number of nitrogens with zero attached hydrogens (tertiary/aromatic N) is 3. The van der Waals surface area contributed by atoms with E-state index in [-0.39, 0.29) is 0 Å². The van der Waals surface area contributed by atoms with Gasteiger partial charge in [0.2, 0.25) is 0 Å². The number of nitrogens with two attached hydrogens (primary N) is 1. The highest BCUT2D eigenvalue weighted by atomic mass is 32.2. The summed E-state index contributed by atoms with van der Waals surface area (Å²) in [5, 5.41) is 9.43. The lowest BCUT2D eigenvalue weighted by molar-refractivity contribution is 0.681. The third-order valence-corrected chi connectivity index (χ3v) is 2.57. The van der Waals surface area contributed by atoms with Gasteiger partial charge in [0.15, 0.2) is 0 Å². The summed E-state index contributed by atoms with van der Waals surface area (Å²) in [5.74, 6) is 0.516. The number of nitriles is 1. The van der Waals surface area contributed by atoms with Gasteiger partial charge in [-0.2, -0.15) is 5.26 Å². The van der Waals surface area contributed by atoms with E-state index < -0.39 is 5.54 Å². The maximum absolute atomic E-state index is 8.65. The second kappa shape index (κ2) is 4.21. The third kappa shape index (κ3) is 3.40. The fourth-order valence-electron chi connectivity index (χ4n) is 0.616. The van der Waals surface area contributed by atoms with Crippen LogP contribution in [-0.2, 0) is 0 Å². The van der Waals surface area contributed by atoms with Crippen molar-refractivity contribution in [3.8, 4) is 6.07 Å². The maximum Gasteiger partial charge on any atom is 0.114 e. The molecule has 0 aliphatic heterocycles. The van der Waals surface area contributed by atoms with E-state index in [1.54, 1.807) is 25.5 Å². The van der Waals surface area contributed by atoms with Gasteiger partial charge in [-0.15, -0.1) is 11.8 Å². The van der Waals surface area contributed by atoms with Gasteiger partial charge in [0.1, 0.15) is 10.6 Å². The van der Waals surface area contributed by atoms with Crippen molar-refractivity contribution >= 4 is 11.8 Å². The van der Waals surface area contributed by atoms with E-state index in [2.05, 4.69) is 9.97 Å². The van der Waals surface area contributed by atoms with Crippen molar-refractivity contribution in [3.05, 3.63) is 18.6 Å². The zero-order valence-electron chi connectivity index (χ0n) is 7.27.